The van der Waals surface area contributed by atoms with Crippen LogP contribution in [-0.2, 0) is 6.54 Å². The molecule has 0 unspecified atom stereocenters. The summed E-state index contributed by atoms with van der Waals surface area (Å²) in [5, 5.41) is 20.5. The molecular formula is C15H17N3O3. The second-order valence-corrected chi connectivity index (χ2v) is 4.60. The first-order chi connectivity index (χ1) is 10.1. The van der Waals surface area contributed by atoms with E-state index in [0.29, 0.717) is 18.8 Å². The number of rotatable bonds is 6. The minimum Gasteiger partial charge on any atom is -0.395 e. The quantitative estimate of drug-likeness (QED) is 0.482. The average Bonchev–Trinajstić information content (AvgIpc) is 2.47. The largest absolute Gasteiger partial charge is 0.395 e. The van der Waals surface area contributed by atoms with Gasteiger partial charge < -0.3 is 15.7 Å². The Kier molecular flexibility index (Phi) is 4.73. The van der Waals surface area contributed by atoms with E-state index in [-0.39, 0.29) is 18.0 Å². The molecule has 6 heteroatoms. The normalized spacial score (nSPS) is 10.3. The maximum absolute atomic E-state index is 11.2. The van der Waals surface area contributed by atoms with Crippen molar-refractivity contribution in [1.29, 1.82) is 0 Å². The highest BCUT2D eigenvalue weighted by Gasteiger charge is 2.22. The highest BCUT2D eigenvalue weighted by molar-refractivity contribution is 5.75. The van der Waals surface area contributed by atoms with Gasteiger partial charge in [0.25, 0.3) is 0 Å². The first-order valence-corrected chi connectivity index (χ1v) is 6.56. The van der Waals surface area contributed by atoms with Crippen LogP contribution in [0.25, 0.3) is 0 Å². The van der Waals surface area contributed by atoms with Gasteiger partial charge in [0.05, 0.1) is 11.5 Å². The number of aliphatic hydroxyl groups is 1. The Morgan fingerprint density at radius 2 is 1.86 bits per heavy atom. The molecule has 2 aromatic carbocycles. The number of benzene rings is 2. The lowest BCUT2D eigenvalue weighted by atomic mass is 10.1. The van der Waals surface area contributed by atoms with Crippen molar-refractivity contribution in [3.8, 4) is 0 Å². The Hall–Kier alpha value is -2.60. The number of hydrogen-bond donors (Lipinski definition) is 2. The topological polar surface area (TPSA) is 92.6 Å². The van der Waals surface area contributed by atoms with Crippen molar-refractivity contribution in [1.82, 2.24) is 0 Å². The third-order valence-corrected chi connectivity index (χ3v) is 3.16. The standard InChI is InChI=1S/C15H17N3O3/c16-13-7-4-8-14(15(13)18(20)21)17(9-10-19)11-12-5-2-1-3-6-12/h1-8,19H,9-11,16H2. The number of aliphatic hydroxyl groups excluding tert-OH is 1. The number of nitrogens with zero attached hydrogens (tertiary/aromatic N) is 2. The fraction of sp³-hybridized carbons (Fsp3) is 0.200. The lowest BCUT2D eigenvalue weighted by Gasteiger charge is -2.24. The van der Waals surface area contributed by atoms with Gasteiger partial charge in [-0.25, -0.2) is 0 Å². The predicted molar refractivity (Wildman–Crippen MR) is 82.1 cm³/mol. The molecule has 0 spiro atoms. The zero-order valence-electron chi connectivity index (χ0n) is 11.5. The average molecular weight is 287 g/mol. The van der Waals surface area contributed by atoms with Gasteiger partial charge in [0.2, 0.25) is 0 Å². The van der Waals surface area contributed by atoms with E-state index in [4.69, 9.17) is 5.73 Å². The molecule has 0 heterocycles. The summed E-state index contributed by atoms with van der Waals surface area (Å²) in [4.78, 5) is 12.5. The zero-order chi connectivity index (χ0) is 15.2. The smallest absolute Gasteiger partial charge is 0.315 e. The summed E-state index contributed by atoms with van der Waals surface area (Å²) in [5.41, 5.74) is 7.13. The minimum atomic E-state index is -0.486. The molecular weight excluding hydrogens is 270 g/mol. The fourth-order valence-corrected chi connectivity index (χ4v) is 2.21. The number of hydrogen-bond acceptors (Lipinski definition) is 5. The van der Waals surface area contributed by atoms with E-state index in [1.165, 1.54) is 6.07 Å². The van der Waals surface area contributed by atoms with Crippen LogP contribution in [0, 0.1) is 10.1 Å². The first kappa shape index (κ1) is 14.8. The SMILES string of the molecule is Nc1cccc(N(CCO)Cc2ccccc2)c1[N+](=O)[O-]. The van der Waals surface area contributed by atoms with Crippen molar-refractivity contribution in [3.63, 3.8) is 0 Å². The lowest BCUT2D eigenvalue weighted by molar-refractivity contribution is -0.383. The number of nitrogen functional groups attached to an aromatic ring is 1. The van der Waals surface area contributed by atoms with Crippen molar-refractivity contribution in [2.24, 2.45) is 0 Å². The number of anilines is 2. The minimum absolute atomic E-state index is 0.0984. The van der Waals surface area contributed by atoms with Crippen molar-refractivity contribution in [2.45, 2.75) is 6.54 Å². The Balaban J connectivity index is 2.39. The van der Waals surface area contributed by atoms with E-state index in [2.05, 4.69) is 0 Å². The van der Waals surface area contributed by atoms with Gasteiger partial charge in [-0.3, -0.25) is 10.1 Å². The molecule has 0 bridgehead atoms. The van der Waals surface area contributed by atoms with E-state index < -0.39 is 4.92 Å². The molecule has 2 aromatic rings. The number of nitrogens with two attached hydrogens (primary N) is 1. The van der Waals surface area contributed by atoms with Crippen LogP contribution in [0.4, 0.5) is 17.1 Å². The Morgan fingerprint density at radius 3 is 2.48 bits per heavy atom. The molecule has 0 aromatic heterocycles. The Bertz CT molecular complexity index is 617. The van der Waals surface area contributed by atoms with Crippen molar-refractivity contribution >= 4 is 17.1 Å². The summed E-state index contributed by atoms with van der Waals surface area (Å²) in [6.45, 7) is 0.656. The van der Waals surface area contributed by atoms with Crippen LogP contribution in [0.15, 0.2) is 48.5 Å². The molecule has 0 atom stereocenters. The maximum Gasteiger partial charge on any atom is 0.315 e. The highest BCUT2D eigenvalue weighted by Crippen LogP contribution is 2.34. The maximum atomic E-state index is 11.2. The van der Waals surface area contributed by atoms with Crippen LogP contribution in [0.1, 0.15) is 5.56 Å². The Morgan fingerprint density at radius 1 is 1.14 bits per heavy atom. The summed E-state index contributed by atoms with van der Waals surface area (Å²) in [6, 6.07) is 14.4. The van der Waals surface area contributed by atoms with Crippen LogP contribution in [0.3, 0.4) is 0 Å². The summed E-state index contributed by atoms with van der Waals surface area (Å²) >= 11 is 0. The second kappa shape index (κ2) is 6.71. The second-order valence-electron chi connectivity index (χ2n) is 4.60. The number of nitro benzene ring substituents is 1. The molecule has 0 aliphatic rings. The van der Waals surface area contributed by atoms with Gasteiger partial charge in [-0.1, -0.05) is 36.4 Å². The van der Waals surface area contributed by atoms with Gasteiger partial charge in [0, 0.05) is 13.1 Å². The van der Waals surface area contributed by atoms with Crippen molar-refractivity contribution in [2.75, 3.05) is 23.8 Å². The molecule has 0 radical (unpaired) electrons. The van der Waals surface area contributed by atoms with E-state index in [1.807, 2.05) is 30.3 Å². The molecule has 2 rings (SSSR count). The van der Waals surface area contributed by atoms with Crippen LogP contribution < -0.4 is 10.6 Å². The summed E-state index contributed by atoms with van der Waals surface area (Å²) in [6.07, 6.45) is 0. The zero-order valence-corrected chi connectivity index (χ0v) is 11.5. The molecule has 0 saturated carbocycles. The summed E-state index contributed by atoms with van der Waals surface area (Å²) < 4.78 is 0. The van der Waals surface area contributed by atoms with Gasteiger partial charge in [-0.15, -0.1) is 0 Å². The lowest BCUT2D eigenvalue weighted by Crippen LogP contribution is -2.27. The summed E-state index contributed by atoms with van der Waals surface area (Å²) in [5.74, 6) is 0. The number of nitro groups is 1. The summed E-state index contributed by atoms with van der Waals surface area (Å²) in [7, 11) is 0. The van der Waals surface area contributed by atoms with Crippen LogP contribution in [-0.4, -0.2) is 23.2 Å². The molecule has 0 fully saturated rings. The third kappa shape index (κ3) is 3.49. The first-order valence-electron chi connectivity index (χ1n) is 6.56. The van der Waals surface area contributed by atoms with Crippen LogP contribution in [0.2, 0.25) is 0 Å². The molecule has 0 amide bonds. The molecule has 0 aliphatic carbocycles. The highest BCUT2D eigenvalue weighted by atomic mass is 16.6. The van der Waals surface area contributed by atoms with E-state index in [1.54, 1.807) is 17.0 Å². The molecule has 0 aliphatic heterocycles. The van der Waals surface area contributed by atoms with Gasteiger partial charge in [0.1, 0.15) is 11.4 Å². The monoisotopic (exact) mass is 287 g/mol. The van der Waals surface area contributed by atoms with Crippen LogP contribution in [0.5, 0.6) is 0 Å². The van der Waals surface area contributed by atoms with E-state index >= 15 is 0 Å². The number of para-hydroxylation sites is 1. The van der Waals surface area contributed by atoms with Gasteiger partial charge >= 0.3 is 5.69 Å². The van der Waals surface area contributed by atoms with E-state index in [0.717, 1.165) is 5.56 Å². The fourth-order valence-electron chi connectivity index (χ4n) is 2.21. The van der Waals surface area contributed by atoms with Gasteiger partial charge in [-0.05, 0) is 17.7 Å². The molecule has 6 nitrogen and oxygen atoms in total. The Labute approximate surface area is 122 Å². The molecule has 3 N–H and O–H groups in total. The molecule has 110 valence electrons. The van der Waals surface area contributed by atoms with Gasteiger partial charge in [-0.2, -0.15) is 0 Å². The molecule has 0 saturated heterocycles. The predicted octanol–water partition coefficient (Wildman–Crippen LogP) is 2.18. The third-order valence-electron chi connectivity index (χ3n) is 3.16. The van der Waals surface area contributed by atoms with Crippen molar-refractivity contribution < 1.29 is 10.0 Å². The van der Waals surface area contributed by atoms with E-state index in [9.17, 15) is 15.2 Å². The van der Waals surface area contributed by atoms with Gasteiger partial charge in [0.15, 0.2) is 0 Å². The van der Waals surface area contributed by atoms with Crippen LogP contribution >= 0.6 is 0 Å². The van der Waals surface area contributed by atoms with Crippen molar-refractivity contribution in [3.05, 3.63) is 64.2 Å². The molecule has 21 heavy (non-hydrogen) atoms.